The van der Waals surface area contributed by atoms with Gasteiger partial charge in [0.2, 0.25) is 5.82 Å². The number of aryl methyl sites for hydroxylation is 1. The first-order chi connectivity index (χ1) is 9.79. The van der Waals surface area contributed by atoms with Crippen molar-refractivity contribution in [2.24, 2.45) is 5.84 Å². The van der Waals surface area contributed by atoms with Gasteiger partial charge in [0.1, 0.15) is 16.6 Å². The molecule has 1 unspecified atom stereocenters. The van der Waals surface area contributed by atoms with Crippen LogP contribution in [0.1, 0.15) is 28.7 Å². The van der Waals surface area contributed by atoms with Crippen molar-refractivity contribution in [1.29, 1.82) is 0 Å². The van der Waals surface area contributed by atoms with E-state index in [1.807, 2.05) is 6.92 Å². The van der Waals surface area contributed by atoms with Crippen LogP contribution in [-0.2, 0) is 6.18 Å². The number of nitrogens with two attached hydrogens (primary N) is 1. The molecule has 114 valence electrons. The first kappa shape index (κ1) is 15.4. The van der Waals surface area contributed by atoms with Gasteiger partial charge in [-0.15, -0.1) is 11.3 Å². The fourth-order valence-electron chi connectivity index (χ4n) is 1.58. The van der Waals surface area contributed by atoms with Crippen molar-refractivity contribution in [3.8, 4) is 0 Å². The average molecular weight is 318 g/mol. The van der Waals surface area contributed by atoms with E-state index in [1.165, 1.54) is 17.4 Å². The highest BCUT2D eigenvalue weighted by molar-refractivity contribution is 7.11. The second-order valence-electron chi connectivity index (χ2n) is 4.28. The first-order valence-electron chi connectivity index (χ1n) is 5.91. The van der Waals surface area contributed by atoms with Gasteiger partial charge < -0.3 is 10.7 Å². The largest absolute Gasteiger partial charge is 0.451 e. The number of hydrazine groups is 1. The summed E-state index contributed by atoms with van der Waals surface area (Å²) in [5, 5.41) is 3.61. The van der Waals surface area contributed by atoms with E-state index in [4.69, 9.17) is 5.84 Å². The lowest BCUT2D eigenvalue weighted by Crippen LogP contribution is -2.18. The molecule has 0 amide bonds. The predicted molar refractivity (Wildman–Crippen MR) is 73.7 cm³/mol. The number of nitrogen functional groups attached to an aromatic ring is 1. The molecule has 0 aliphatic carbocycles. The Bertz CT molecular complexity index is 627. The van der Waals surface area contributed by atoms with Crippen LogP contribution in [0.3, 0.4) is 0 Å². The summed E-state index contributed by atoms with van der Waals surface area (Å²) >= 11 is 1.46. The van der Waals surface area contributed by atoms with Gasteiger partial charge >= 0.3 is 6.18 Å². The van der Waals surface area contributed by atoms with Gasteiger partial charge in [0.15, 0.2) is 0 Å². The monoisotopic (exact) mass is 318 g/mol. The molecule has 0 saturated carbocycles. The van der Waals surface area contributed by atoms with Crippen LogP contribution in [-0.4, -0.2) is 15.0 Å². The highest BCUT2D eigenvalue weighted by Crippen LogP contribution is 2.29. The van der Waals surface area contributed by atoms with E-state index >= 15 is 0 Å². The lowest BCUT2D eigenvalue weighted by Gasteiger charge is -2.14. The summed E-state index contributed by atoms with van der Waals surface area (Å²) < 4.78 is 38.1. The van der Waals surface area contributed by atoms with Crippen LogP contribution in [0.15, 0.2) is 12.3 Å². The van der Waals surface area contributed by atoms with E-state index in [0.717, 1.165) is 9.88 Å². The quantitative estimate of drug-likeness (QED) is 0.593. The van der Waals surface area contributed by atoms with E-state index in [9.17, 15) is 13.2 Å². The number of nitrogens with one attached hydrogen (secondary N) is 2. The van der Waals surface area contributed by atoms with E-state index in [2.05, 4.69) is 25.7 Å². The summed E-state index contributed by atoms with van der Waals surface area (Å²) in [6, 6.07) is 1.01. The number of anilines is 2. The first-order valence-corrected chi connectivity index (χ1v) is 6.73. The molecule has 0 radical (unpaired) electrons. The number of aromatic nitrogens is 3. The molecule has 2 aromatic heterocycles. The molecule has 0 aliphatic heterocycles. The van der Waals surface area contributed by atoms with Crippen molar-refractivity contribution in [1.82, 2.24) is 15.0 Å². The van der Waals surface area contributed by atoms with Crippen LogP contribution in [0.25, 0.3) is 0 Å². The van der Waals surface area contributed by atoms with Gasteiger partial charge in [-0.25, -0.2) is 20.8 Å². The van der Waals surface area contributed by atoms with Gasteiger partial charge in [0.25, 0.3) is 0 Å². The number of thiazole rings is 1. The lowest BCUT2D eigenvalue weighted by atomic mass is 10.3. The number of hydrogen-bond donors (Lipinski definition) is 3. The van der Waals surface area contributed by atoms with Gasteiger partial charge in [-0.2, -0.15) is 13.2 Å². The third-order valence-electron chi connectivity index (χ3n) is 2.50. The predicted octanol–water partition coefficient (Wildman–Crippen LogP) is 2.72. The maximum Gasteiger partial charge on any atom is 0.451 e. The fraction of sp³-hybridized carbons (Fsp3) is 0.364. The molecule has 4 N–H and O–H groups in total. The normalized spacial score (nSPS) is 13.0. The second kappa shape index (κ2) is 5.82. The minimum absolute atomic E-state index is 0.0191. The number of alkyl halides is 3. The Labute approximate surface area is 122 Å². The molecule has 0 fully saturated rings. The van der Waals surface area contributed by atoms with E-state index in [0.29, 0.717) is 0 Å². The van der Waals surface area contributed by atoms with Crippen LogP contribution in [0.4, 0.5) is 24.8 Å². The lowest BCUT2D eigenvalue weighted by molar-refractivity contribution is -0.144. The molecule has 0 bridgehead atoms. The second-order valence-corrected chi connectivity index (χ2v) is 5.55. The molecular formula is C11H13F3N6S. The van der Waals surface area contributed by atoms with Crippen molar-refractivity contribution in [2.45, 2.75) is 26.1 Å². The fourth-order valence-corrected chi connectivity index (χ4v) is 2.35. The molecule has 2 rings (SSSR count). The Morgan fingerprint density at radius 1 is 1.29 bits per heavy atom. The molecule has 1 atom stereocenters. The Kier molecular flexibility index (Phi) is 4.28. The third-order valence-corrected chi connectivity index (χ3v) is 3.60. The number of halogens is 3. The Hall–Kier alpha value is -1.94. The van der Waals surface area contributed by atoms with Gasteiger partial charge in [0.05, 0.1) is 6.04 Å². The van der Waals surface area contributed by atoms with Crippen molar-refractivity contribution in [2.75, 3.05) is 10.7 Å². The van der Waals surface area contributed by atoms with E-state index in [-0.39, 0.29) is 17.7 Å². The number of rotatable bonds is 4. The highest BCUT2D eigenvalue weighted by atomic mass is 32.1. The van der Waals surface area contributed by atoms with Crippen LogP contribution in [0.5, 0.6) is 0 Å². The molecule has 21 heavy (non-hydrogen) atoms. The van der Waals surface area contributed by atoms with Crippen LogP contribution < -0.4 is 16.6 Å². The van der Waals surface area contributed by atoms with Gasteiger partial charge in [-0.1, -0.05) is 0 Å². The van der Waals surface area contributed by atoms with Crippen LogP contribution in [0.2, 0.25) is 0 Å². The van der Waals surface area contributed by atoms with Gasteiger partial charge in [0, 0.05) is 17.1 Å². The minimum Gasteiger partial charge on any atom is -0.361 e. The van der Waals surface area contributed by atoms with Crippen molar-refractivity contribution in [3.05, 3.63) is 28.0 Å². The zero-order valence-corrected chi connectivity index (χ0v) is 12.0. The van der Waals surface area contributed by atoms with Gasteiger partial charge in [-0.3, -0.25) is 0 Å². The summed E-state index contributed by atoms with van der Waals surface area (Å²) in [4.78, 5) is 11.9. The highest BCUT2D eigenvalue weighted by Gasteiger charge is 2.35. The number of nitrogens with zero attached hydrogens (tertiary/aromatic N) is 3. The molecule has 2 heterocycles. The molecule has 0 saturated heterocycles. The average Bonchev–Trinajstić information content (AvgIpc) is 2.84. The van der Waals surface area contributed by atoms with E-state index in [1.54, 1.807) is 13.1 Å². The maximum atomic E-state index is 12.7. The Morgan fingerprint density at radius 3 is 2.48 bits per heavy atom. The molecule has 6 nitrogen and oxygen atoms in total. The van der Waals surface area contributed by atoms with Crippen molar-refractivity contribution >= 4 is 23.0 Å². The number of hydrogen-bond acceptors (Lipinski definition) is 7. The molecule has 0 spiro atoms. The standard InChI is InChI=1S/C11H13F3N6S/c1-5-4-16-9(21-5)6(2)17-7-3-8(20-15)19-10(18-7)11(12,13)14/h3-4,6H,15H2,1-2H3,(H2,17,18,19,20). The van der Waals surface area contributed by atoms with E-state index < -0.39 is 12.0 Å². The molecule has 0 aliphatic rings. The summed E-state index contributed by atoms with van der Waals surface area (Å²) in [5.41, 5.74) is 2.09. The van der Waals surface area contributed by atoms with Crippen LogP contribution >= 0.6 is 11.3 Å². The molecular weight excluding hydrogens is 305 g/mol. The topological polar surface area (TPSA) is 88.8 Å². The van der Waals surface area contributed by atoms with Gasteiger partial charge in [-0.05, 0) is 13.8 Å². The third kappa shape index (κ3) is 3.79. The minimum atomic E-state index is -4.65. The summed E-state index contributed by atoms with van der Waals surface area (Å²) in [7, 11) is 0. The summed E-state index contributed by atoms with van der Waals surface area (Å²) in [5.74, 6) is 3.77. The van der Waals surface area contributed by atoms with Crippen molar-refractivity contribution < 1.29 is 13.2 Å². The zero-order chi connectivity index (χ0) is 15.6. The summed E-state index contributed by atoms with van der Waals surface area (Å²) in [6.07, 6.45) is -2.95. The Morgan fingerprint density at radius 2 is 1.95 bits per heavy atom. The zero-order valence-electron chi connectivity index (χ0n) is 11.2. The smallest absolute Gasteiger partial charge is 0.361 e. The maximum absolute atomic E-state index is 12.7. The SMILES string of the molecule is Cc1cnc(C(C)Nc2cc(NN)nc(C(F)(F)F)n2)s1. The van der Waals surface area contributed by atoms with Crippen molar-refractivity contribution in [3.63, 3.8) is 0 Å². The summed E-state index contributed by atoms with van der Waals surface area (Å²) in [6.45, 7) is 3.68. The molecule has 2 aromatic rings. The molecule has 10 heteroatoms. The van der Waals surface area contributed by atoms with Crippen LogP contribution in [0, 0.1) is 6.92 Å². The molecule has 0 aromatic carbocycles. The Balaban J connectivity index is 2.27.